The van der Waals surface area contributed by atoms with Crippen molar-refractivity contribution >= 4 is 27.3 Å². The predicted octanol–water partition coefficient (Wildman–Crippen LogP) is 5.45. The summed E-state index contributed by atoms with van der Waals surface area (Å²) in [5.74, 6) is 0.650. The summed E-state index contributed by atoms with van der Waals surface area (Å²) < 4.78 is 0. The molecule has 0 aliphatic rings. The van der Waals surface area contributed by atoms with Gasteiger partial charge in [0.05, 0.1) is 0 Å². The van der Waals surface area contributed by atoms with Crippen LogP contribution in [-0.2, 0) is 6.42 Å². The van der Waals surface area contributed by atoms with Crippen LogP contribution in [0.15, 0.2) is 47.2 Å². The van der Waals surface area contributed by atoms with Gasteiger partial charge in [0.15, 0.2) is 0 Å². The van der Waals surface area contributed by atoms with Gasteiger partial charge in [-0.15, -0.1) is 0 Å². The van der Waals surface area contributed by atoms with Gasteiger partial charge in [-0.25, -0.2) is 0 Å². The van der Waals surface area contributed by atoms with Crippen LogP contribution in [0.4, 0.5) is 0 Å². The first kappa shape index (κ1) is 12.8. The fourth-order valence-electron chi connectivity index (χ4n) is 1.94. The van der Waals surface area contributed by atoms with E-state index in [0.717, 1.165) is 0 Å². The largest absolute Gasteiger partial charge is 0.152 e. The summed E-state index contributed by atoms with van der Waals surface area (Å²) >= 11 is 5.60. The van der Waals surface area contributed by atoms with Crippen molar-refractivity contribution in [2.75, 3.05) is 0 Å². The van der Waals surface area contributed by atoms with Gasteiger partial charge in [0, 0.05) is 4.83 Å². The molecule has 0 aliphatic heterocycles. The Morgan fingerprint density at radius 1 is 1.18 bits per heavy atom. The zero-order valence-electron chi connectivity index (χ0n) is 9.97. The number of hydrogen-bond acceptors (Lipinski definition) is 1. The molecule has 2 unspecified atom stereocenters. The molecule has 2 atom stereocenters. The Kier molecular flexibility index (Phi) is 4.81. The normalized spacial score (nSPS) is 14.5. The third-order valence-corrected chi connectivity index (χ3v) is 5.25. The van der Waals surface area contributed by atoms with Crippen molar-refractivity contribution in [2.24, 2.45) is 5.92 Å². The Hall–Kier alpha value is -0.600. The Morgan fingerprint density at radius 3 is 2.59 bits per heavy atom. The number of hydrogen-bond donors (Lipinski definition) is 0. The molecule has 0 radical (unpaired) electrons. The van der Waals surface area contributed by atoms with Gasteiger partial charge < -0.3 is 0 Å². The quantitative estimate of drug-likeness (QED) is 0.644. The molecule has 0 fully saturated rings. The van der Waals surface area contributed by atoms with Crippen molar-refractivity contribution in [2.45, 2.75) is 24.6 Å². The van der Waals surface area contributed by atoms with Crippen LogP contribution in [-0.4, -0.2) is 0 Å². The van der Waals surface area contributed by atoms with Gasteiger partial charge in [-0.3, -0.25) is 0 Å². The first-order valence-corrected chi connectivity index (χ1v) is 7.83. The van der Waals surface area contributed by atoms with Crippen LogP contribution in [0.5, 0.6) is 0 Å². The van der Waals surface area contributed by atoms with Crippen LogP contribution in [0.3, 0.4) is 0 Å². The minimum atomic E-state index is 0.460. The SMILES string of the molecule is CC(CCc1ccsc1)C(Br)c1ccccc1. The highest BCUT2D eigenvalue weighted by Gasteiger charge is 2.15. The van der Waals surface area contributed by atoms with Crippen molar-refractivity contribution in [1.82, 2.24) is 0 Å². The molecule has 0 amide bonds. The third kappa shape index (κ3) is 3.68. The van der Waals surface area contributed by atoms with Crippen LogP contribution in [0.2, 0.25) is 0 Å². The van der Waals surface area contributed by atoms with Gasteiger partial charge in [-0.1, -0.05) is 53.2 Å². The van der Waals surface area contributed by atoms with Gasteiger partial charge >= 0.3 is 0 Å². The second kappa shape index (κ2) is 6.36. The van der Waals surface area contributed by atoms with E-state index in [0.29, 0.717) is 10.7 Å². The minimum Gasteiger partial charge on any atom is -0.152 e. The molecule has 17 heavy (non-hydrogen) atoms. The molecule has 1 heterocycles. The smallest absolute Gasteiger partial charge is 0.0420 e. The lowest BCUT2D eigenvalue weighted by atomic mass is 9.95. The summed E-state index contributed by atoms with van der Waals surface area (Å²) in [5, 5.41) is 4.40. The molecule has 0 spiro atoms. The van der Waals surface area contributed by atoms with Crippen molar-refractivity contribution in [3.63, 3.8) is 0 Å². The van der Waals surface area contributed by atoms with Gasteiger partial charge in [-0.2, -0.15) is 11.3 Å². The average molecular weight is 309 g/mol. The number of rotatable bonds is 5. The van der Waals surface area contributed by atoms with E-state index in [1.165, 1.54) is 24.0 Å². The van der Waals surface area contributed by atoms with Crippen LogP contribution < -0.4 is 0 Å². The Morgan fingerprint density at radius 2 is 1.94 bits per heavy atom. The van der Waals surface area contributed by atoms with Crippen LogP contribution in [0.25, 0.3) is 0 Å². The van der Waals surface area contributed by atoms with Crippen molar-refractivity contribution < 1.29 is 0 Å². The van der Waals surface area contributed by atoms with E-state index in [2.05, 4.69) is 70.0 Å². The minimum absolute atomic E-state index is 0.460. The number of benzene rings is 1. The summed E-state index contributed by atoms with van der Waals surface area (Å²) in [6, 6.07) is 12.9. The fraction of sp³-hybridized carbons (Fsp3) is 0.333. The molecule has 0 nitrogen and oxygen atoms in total. The lowest BCUT2D eigenvalue weighted by molar-refractivity contribution is 0.527. The van der Waals surface area contributed by atoms with Crippen molar-refractivity contribution in [3.05, 3.63) is 58.3 Å². The number of aryl methyl sites for hydroxylation is 1. The Balaban J connectivity index is 1.89. The molecule has 2 aromatic rings. The van der Waals surface area contributed by atoms with Crippen LogP contribution in [0, 0.1) is 5.92 Å². The number of halogens is 1. The second-order valence-corrected chi connectivity index (χ2v) is 6.23. The predicted molar refractivity (Wildman–Crippen MR) is 79.9 cm³/mol. The highest BCUT2D eigenvalue weighted by Crippen LogP contribution is 2.33. The molecule has 0 saturated carbocycles. The molecule has 1 aromatic heterocycles. The van der Waals surface area contributed by atoms with Crippen LogP contribution in [0.1, 0.15) is 29.3 Å². The van der Waals surface area contributed by atoms with Gasteiger partial charge in [0.2, 0.25) is 0 Å². The standard InChI is InChI=1S/C15H17BrS/c1-12(7-8-13-9-10-17-11-13)15(16)14-5-3-2-4-6-14/h2-6,9-12,15H,7-8H2,1H3. The average Bonchev–Trinajstić information content (AvgIpc) is 2.89. The van der Waals surface area contributed by atoms with Gasteiger partial charge in [0.25, 0.3) is 0 Å². The summed E-state index contributed by atoms with van der Waals surface area (Å²) in [6.07, 6.45) is 2.40. The van der Waals surface area contributed by atoms with E-state index in [4.69, 9.17) is 0 Å². The van der Waals surface area contributed by atoms with E-state index in [9.17, 15) is 0 Å². The molecule has 0 saturated heterocycles. The molecule has 0 N–H and O–H groups in total. The summed E-state index contributed by atoms with van der Waals surface area (Å²) in [4.78, 5) is 0.460. The summed E-state index contributed by atoms with van der Waals surface area (Å²) in [7, 11) is 0. The van der Waals surface area contributed by atoms with E-state index in [1.807, 2.05) is 0 Å². The van der Waals surface area contributed by atoms with E-state index < -0.39 is 0 Å². The number of thiophene rings is 1. The van der Waals surface area contributed by atoms with Crippen molar-refractivity contribution in [1.29, 1.82) is 0 Å². The van der Waals surface area contributed by atoms with Gasteiger partial charge in [-0.05, 0) is 46.7 Å². The maximum atomic E-state index is 3.82. The Labute approximate surface area is 116 Å². The monoisotopic (exact) mass is 308 g/mol. The molecule has 2 heteroatoms. The number of alkyl halides is 1. The third-order valence-electron chi connectivity index (χ3n) is 3.09. The summed E-state index contributed by atoms with van der Waals surface area (Å²) in [5.41, 5.74) is 2.85. The lowest BCUT2D eigenvalue weighted by Crippen LogP contribution is -2.04. The Bertz CT molecular complexity index is 421. The summed E-state index contributed by atoms with van der Waals surface area (Å²) in [6.45, 7) is 2.32. The first-order valence-electron chi connectivity index (χ1n) is 5.97. The molecule has 0 aliphatic carbocycles. The molecule has 2 rings (SSSR count). The van der Waals surface area contributed by atoms with Gasteiger partial charge in [0.1, 0.15) is 0 Å². The maximum Gasteiger partial charge on any atom is 0.0420 e. The maximum absolute atomic E-state index is 3.82. The molecular weight excluding hydrogens is 292 g/mol. The van der Waals surface area contributed by atoms with E-state index in [1.54, 1.807) is 11.3 Å². The molecule has 0 bridgehead atoms. The molecule has 90 valence electrons. The molecule has 1 aromatic carbocycles. The van der Waals surface area contributed by atoms with Crippen molar-refractivity contribution in [3.8, 4) is 0 Å². The van der Waals surface area contributed by atoms with E-state index in [-0.39, 0.29) is 0 Å². The lowest BCUT2D eigenvalue weighted by Gasteiger charge is -2.18. The highest BCUT2D eigenvalue weighted by molar-refractivity contribution is 9.09. The fourth-order valence-corrected chi connectivity index (χ4v) is 3.21. The van der Waals surface area contributed by atoms with E-state index >= 15 is 0 Å². The first-order chi connectivity index (χ1) is 8.27. The topological polar surface area (TPSA) is 0 Å². The molecular formula is C15H17BrS. The zero-order chi connectivity index (χ0) is 12.1. The highest BCUT2D eigenvalue weighted by atomic mass is 79.9. The zero-order valence-corrected chi connectivity index (χ0v) is 12.4. The second-order valence-electron chi connectivity index (χ2n) is 4.46. The van der Waals surface area contributed by atoms with Crippen LogP contribution >= 0.6 is 27.3 Å².